The number of amides is 1. The van der Waals surface area contributed by atoms with Crippen molar-refractivity contribution in [2.24, 2.45) is 0 Å². The van der Waals surface area contributed by atoms with E-state index < -0.39 is 6.10 Å². The van der Waals surface area contributed by atoms with Crippen LogP contribution in [0.2, 0.25) is 0 Å². The molecule has 1 N–H and O–H groups in total. The molecule has 0 aliphatic carbocycles. The first-order valence-electron chi connectivity index (χ1n) is 5.81. The Kier molecular flexibility index (Phi) is 3.33. The molecule has 0 radical (unpaired) electrons. The number of β-amino-alcohol motifs (C(OH)–C–C–N with tert-alkyl or cyclic N) is 1. The van der Waals surface area contributed by atoms with Crippen molar-refractivity contribution in [3.63, 3.8) is 0 Å². The summed E-state index contributed by atoms with van der Waals surface area (Å²) >= 11 is 0. The fourth-order valence-corrected chi connectivity index (χ4v) is 2.04. The van der Waals surface area contributed by atoms with E-state index in [9.17, 15) is 9.90 Å². The quantitative estimate of drug-likeness (QED) is 0.840. The van der Waals surface area contributed by atoms with Gasteiger partial charge in [0.05, 0.1) is 18.2 Å². The summed E-state index contributed by atoms with van der Waals surface area (Å²) in [4.78, 5) is 13.9. The number of carbonyl (C=O) groups excluding carboxylic acids is 1. The molecule has 0 aromatic heterocycles. The van der Waals surface area contributed by atoms with Crippen LogP contribution in [0.15, 0.2) is 24.3 Å². The van der Waals surface area contributed by atoms with Crippen molar-refractivity contribution in [1.82, 2.24) is 4.90 Å². The van der Waals surface area contributed by atoms with Gasteiger partial charge >= 0.3 is 0 Å². The van der Waals surface area contributed by atoms with Crippen LogP contribution in [0.5, 0.6) is 5.75 Å². The molecular formula is C13H17NO3. The Morgan fingerprint density at radius 1 is 1.53 bits per heavy atom. The largest absolute Gasteiger partial charge is 0.488 e. The molecule has 2 rings (SSSR count). The third kappa shape index (κ3) is 2.58. The fraction of sp³-hybridized carbons (Fsp3) is 0.462. The number of nitrogens with zero attached hydrogens (tertiary/aromatic N) is 1. The van der Waals surface area contributed by atoms with E-state index in [-0.39, 0.29) is 12.0 Å². The first-order valence-corrected chi connectivity index (χ1v) is 5.81. The molecule has 1 amide bonds. The van der Waals surface area contributed by atoms with E-state index >= 15 is 0 Å². The molecule has 0 saturated heterocycles. The molecule has 92 valence electrons. The van der Waals surface area contributed by atoms with Crippen LogP contribution in [0.3, 0.4) is 0 Å². The van der Waals surface area contributed by atoms with Gasteiger partial charge in [-0.3, -0.25) is 4.79 Å². The van der Waals surface area contributed by atoms with Crippen molar-refractivity contribution in [3.8, 4) is 5.75 Å². The SMILES string of the molecule is CC(O)CN1CC(C)Oc2ccccc2C1=O. The summed E-state index contributed by atoms with van der Waals surface area (Å²) in [6.45, 7) is 4.43. The van der Waals surface area contributed by atoms with Crippen LogP contribution in [0.4, 0.5) is 0 Å². The average Bonchev–Trinajstić information content (AvgIpc) is 2.37. The lowest BCUT2D eigenvalue weighted by molar-refractivity contribution is 0.0597. The summed E-state index contributed by atoms with van der Waals surface area (Å²) < 4.78 is 5.69. The number of hydrogen-bond donors (Lipinski definition) is 1. The van der Waals surface area contributed by atoms with Crippen molar-refractivity contribution in [2.75, 3.05) is 13.1 Å². The minimum atomic E-state index is -0.531. The van der Waals surface area contributed by atoms with Gasteiger partial charge in [-0.25, -0.2) is 0 Å². The Morgan fingerprint density at radius 3 is 2.94 bits per heavy atom. The van der Waals surface area contributed by atoms with Crippen molar-refractivity contribution >= 4 is 5.91 Å². The lowest BCUT2D eigenvalue weighted by Gasteiger charge is -2.23. The molecule has 0 spiro atoms. The smallest absolute Gasteiger partial charge is 0.257 e. The van der Waals surface area contributed by atoms with Gasteiger partial charge in [0.25, 0.3) is 5.91 Å². The van der Waals surface area contributed by atoms with Gasteiger partial charge in [0.2, 0.25) is 0 Å². The van der Waals surface area contributed by atoms with Gasteiger partial charge in [-0.05, 0) is 26.0 Å². The molecule has 0 bridgehead atoms. The monoisotopic (exact) mass is 235 g/mol. The Hall–Kier alpha value is -1.55. The number of aliphatic hydroxyl groups is 1. The molecule has 4 nitrogen and oxygen atoms in total. The van der Waals surface area contributed by atoms with Crippen LogP contribution in [0.25, 0.3) is 0 Å². The summed E-state index contributed by atoms with van der Waals surface area (Å²) in [5, 5.41) is 9.41. The predicted octanol–water partition coefficient (Wildman–Crippen LogP) is 1.29. The number of para-hydroxylation sites is 1. The van der Waals surface area contributed by atoms with Gasteiger partial charge in [0.1, 0.15) is 11.9 Å². The summed E-state index contributed by atoms with van der Waals surface area (Å²) in [5.41, 5.74) is 0.567. The van der Waals surface area contributed by atoms with E-state index in [4.69, 9.17) is 4.74 Å². The van der Waals surface area contributed by atoms with Crippen molar-refractivity contribution in [2.45, 2.75) is 26.1 Å². The Bertz CT molecular complexity index is 417. The maximum Gasteiger partial charge on any atom is 0.257 e. The molecule has 17 heavy (non-hydrogen) atoms. The maximum atomic E-state index is 12.3. The Balaban J connectivity index is 2.32. The number of aliphatic hydroxyl groups excluding tert-OH is 1. The molecular weight excluding hydrogens is 218 g/mol. The average molecular weight is 235 g/mol. The highest BCUT2D eigenvalue weighted by Crippen LogP contribution is 2.24. The number of rotatable bonds is 2. The van der Waals surface area contributed by atoms with E-state index in [2.05, 4.69) is 0 Å². The lowest BCUT2D eigenvalue weighted by Crippen LogP contribution is -2.40. The molecule has 1 aliphatic heterocycles. The molecule has 0 fully saturated rings. The zero-order valence-electron chi connectivity index (χ0n) is 10.1. The highest BCUT2D eigenvalue weighted by atomic mass is 16.5. The normalized spacial score (nSPS) is 21.5. The summed E-state index contributed by atoms with van der Waals surface area (Å²) in [5.74, 6) is 0.545. The topological polar surface area (TPSA) is 49.8 Å². The number of ether oxygens (including phenoxy) is 1. The van der Waals surface area contributed by atoms with Gasteiger partial charge in [0.15, 0.2) is 0 Å². The Labute approximate surface area is 101 Å². The van der Waals surface area contributed by atoms with Crippen LogP contribution in [-0.4, -0.2) is 41.2 Å². The van der Waals surface area contributed by atoms with E-state index in [1.807, 2.05) is 19.1 Å². The van der Waals surface area contributed by atoms with Crippen molar-refractivity contribution < 1.29 is 14.6 Å². The van der Waals surface area contributed by atoms with Gasteiger partial charge in [-0.2, -0.15) is 0 Å². The Morgan fingerprint density at radius 2 is 2.24 bits per heavy atom. The maximum absolute atomic E-state index is 12.3. The van der Waals surface area contributed by atoms with Crippen LogP contribution in [0, 0.1) is 0 Å². The second-order valence-corrected chi connectivity index (χ2v) is 4.48. The van der Waals surface area contributed by atoms with Crippen LogP contribution < -0.4 is 4.74 Å². The third-order valence-corrected chi connectivity index (χ3v) is 2.69. The minimum Gasteiger partial charge on any atom is -0.488 e. The third-order valence-electron chi connectivity index (χ3n) is 2.69. The zero-order valence-corrected chi connectivity index (χ0v) is 10.1. The molecule has 0 saturated carbocycles. The molecule has 1 aromatic carbocycles. The highest BCUT2D eigenvalue weighted by Gasteiger charge is 2.26. The van der Waals surface area contributed by atoms with E-state index in [1.165, 1.54) is 0 Å². The molecule has 2 atom stereocenters. The molecule has 1 heterocycles. The molecule has 1 aromatic rings. The lowest BCUT2D eigenvalue weighted by atomic mass is 10.1. The van der Waals surface area contributed by atoms with Crippen molar-refractivity contribution in [1.29, 1.82) is 0 Å². The predicted molar refractivity (Wildman–Crippen MR) is 64.1 cm³/mol. The summed E-state index contributed by atoms with van der Waals surface area (Å²) in [6.07, 6.45) is -0.599. The number of fused-ring (bicyclic) bond motifs is 1. The first-order chi connectivity index (χ1) is 8.08. The standard InChI is InChI=1S/C13H17NO3/c1-9(15)7-14-8-10(2)17-12-6-4-3-5-11(12)13(14)16/h3-6,9-10,15H,7-8H2,1-2H3. The number of hydrogen-bond acceptors (Lipinski definition) is 3. The number of carbonyl (C=O) groups is 1. The van der Waals surface area contributed by atoms with Gasteiger partial charge in [-0.15, -0.1) is 0 Å². The molecule has 1 aliphatic rings. The zero-order chi connectivity index (χ0) is 12.4. The minimum absolute atomic E-state index is 0.0682. The van der Waals surface area contributed by atoms with Crippen LogP contribution in [0.1, 0.15) is 24.2 Å². The van der Waals surface area contributed by atoms with E-state index in [0.717, 1.165) is 0 Å². The van der Waals surface area contributed by atoms with Gasteiger partial charge in [-0.1, -0.05) is 12.1 Å². The molecule has 4 heteroatoms. The van der Waals surface area contributed by atoms with E-state index in [1.54, 1.807) is 24.0 Å². The van der Waals surface area contributed by atoms with Crippen molar-refractivity contribution in [3.05, 3.63) is 29.8 Å². The summed E-state index contributed by atoms with van der Waals surface area (Å²) in [6, 6.07) is 7.22. The number of benzene rings is 1. The highest BCUT2D eigenvalue weighted by molar-refractivity contribution is 5.97. The van der Waals surface area contributed by atoms with Crippen LogP contribution >= 0.6 is 0 Å². The second-order valence-electron chi connectivity index (χ2n) is 4.48. The first kappa shape index (κ1) is 11.9. The summed E-state index contributed by atoms with van der Waals surface area (Å²) in [7, 11) is 0. The van der Waals surface area contributed by atoms with E-state index in [0.29, 0.717) is 24.4 Å². The second kappa shape index (κ2) is 4.75. The van der Waals surface area contributed by atoms with Crippen LogP contribution in [-0.2, 0) is 0 Å². The molecule has 2 unspecified atom stereocenters. The van der Waals surface area contributed by atoms with Gasteiger partial charge < -0.3 is 14.7 Å². The van der Waals surface area contributed by atoms with Gasteiger partial charge in [0, 0.05) is 6.54 Å². The fourth-order valence-electron chi connectivity index (χ4n) is 2.04.